The van der Waals surface area contributed by atoms with Crippen LogP contribution in [0.5, 0.6) is 0 Å². The van der Waals surface area contributed by atoms with Crippen molar-refractivity contribution in [2.45, 2.75) is 19.9 Å². The third-order valence-electron chi connectivity index (χ3n) is 5.78. The summed E-state index contributed by atoms with van der Waals surface area (Å²) in [6.45, 7) is 2.53. The molecule has 0 aliphatic heterocycles. The zero-order valence-electron chi connectivity index (χ0n) is 20.2. The number of nitrogens with one attached hydrogen (secondary N) is 3. The van der Waals surface area contributed by atoms with E-state index in [2.05, 4.69) is 10.6 Å². The van der Waals surface area contributed by atoms with Crippen LogP contribution in [0.15, 0.2) is 66.7 Å². The molecule has 9 heteroatoms. The molecule has 0 saturated heterocycles. The lowest BCUT2D eigenvalue weighted by molar-refractivity contribution is -0.142. The van der Waals surface area contributed by atoms with E-state index >= 15 is 0 Å². The molecule has 4 rings (SSSR count). The van der Waals surface area contributed by atoms with Crippen LogP contribution in [0.1, 0.15) is 34.2 Å². The van der Waals surface area contributed by atoms with Gasteiger partial charge in [-0.1, -0.05) is 18.2 Å². The summed E-state index contributed by atoms with van der Waals surface area (Å²) < 4.78 is 7.02. The minimum Gasteiger partial charge on any atom is -0.466 e. The summed E-state index contributed by atoms with van der Waals surface area (Å²) in [6.07, 6.45) is 0.0323. The summed E-state index contributed by atoms with van der Waals surface area (Å²) in [6, 6.07) is 19.9. The lowest BCUT2D eigenvalue weighted by atomic mass is 10.0. The van der Waals surface area contributed by atoms with Crippen LogP contribution in [-0.2, 0) is 29.5 Å². The number of rotatable bonds is 9. The van der Waals surface area contributed by atoms with Gasteiger partial charge in [0.1, 0.15) is 11.7 Å². The Balaban J connectivity index is 1.48. The maximum absolute atomic E-state index is 13.0. The van der Waals surface area contributed by atoms with E-state index in [0.29, 0.717) is 35.5 Å². The molecule has 0 radical (unpaired) electrons. The molecule has 9 nitrogen and oxygen atoms in total. The number of fused-ring (bicyclic) bond motifs is 1. The van der Waals surface area contributed by atoms with E-state index in [4.69, 9.17) is 20.9 Å². The number of nitrogens with zero attached hydrogens (tertiary/aromatic N) is 2. The van der Waals surface area contributed by atoms with Gasteiger partial charge in [0.15, 0.2) is 0 Å². The molecular weight excluding hydrogens is 456 g/mol. The second-order valence-electron chi connectivity index (χ2n) is 8.23. The SMILES string of the molecule is CCOC(=O)Cc1ccccc1C(=O)Nc1ccc2c(c1)nc(CNc1ccc(C(=N)N)cc1)n2C. The lowest BCUT2D eigenvalue weighted by Crippen LogP contribution is -2.16. The number of hydrogen-bond acceptors (Lipinski definition) is 6. The standard InChI is InChI=1S/C27H28N6O3/c1-3-36-25(34)14-18-6-4-5-7-21(18)27(35)31-20-12-13-23-22(15-20)32-24(33(23)2)16-30-19-10-8-17(9-11-19)26(28)29/h4-13,15,30H,3,14,16H2,1-2H3,(H3,28,29)(H,31,35). The van der Waals surface area contributed by atoms with Crippen molar-refractivity contribution < 1.29 is 14.3 Å². The third-order valence-corrected chi connectivity index (χ3v) is 5.78. The highest BCUT2D eigenvalue weighted by atomic mass is 16.5. The fourth-order valence-corrected chi connectivity index (χ4v) is 3.90. The molecule has 0 unspecified atom stereocenters. The Morgan fingerprint density at radius 1 is 1.06 bits per heavy atom. The number of benzene rings is 3. The summed E-state index contributed by atoms with van der Waals surface area (Å²) in [7, 11) is 1.94. The summed E-state index contributed by atoms with van der Waals surface area (Å²) in [4.78, 5) is 29.6. The minimum atomic E-state index is -0.372. The zero-order chi connectivity index (χ0) is 25.7. The van der Waals surface area contributed by atoms with E-state index in [1.165, 1.54) is 0 Å². The van der Waals surface area contributed by atoms with Gasteiger partial charge in [0.2, 0.25) is 0 Å². The first-order valence-electron chi connectivity index (χ1n) is 11.5. The van der Waals surface area contributed by atoms with Gasteiger partial charge in [0.25, 0.3) is 5.91 Å². The van der Waals surface area contributed by atoms with Crippen molar-refractivity contribution in [2.24, 2.45) is 12.8 Å². The first kappa shape index (κ1) is 24.5. The van der Waals surface area contributed by atoms with Crippen molar-refractivity contribution in [3.05, 3.63) is 89.2 Å². The number of nitrogens with two attached hydrogens (primary N) is 1. The van der Waals surface area contributed by atoms with Crippen LogP contribution in [0.3, 0.4) is 0 Å². The summed E-state index contributed by atoms with van der Waals surface area (Å²) in [5.41, 5.74) is 10.4. The van der Waals surface area contributed by atoms with Crippen molar-refractivity contribution in [3.8, 4) is 0 Å². The molecule has 0 bridgehead atoms. The summed E-state index contributed by atoms with van der Waals surface area (Å²) >= 11 is 0. The molecule has 0 aliphatic carbocycles. The smallest absolute Gasteiger partial charge is 0.310 e. The van der Waals surface area contributed by atoms with Gasteiger partial charge in [-0.25, -0.2) is 4.98 Å². The first-order valence-corrected chi connectivity index (χ1v) is 11.5. The van der Waals surface area contributed by atoms with Crippen LogP contribution in [0.25, 0.3) is 11.0 Å². The van der Waals surface area contributed by atoms with Crippen molar-refractivity contribution in [1.29, 1.82) is 5.41 Å². The van der Waals surface area contributed by atoms with Crippen molar-refractivity contribution in [3.63, 3.8) is 0 Å². The number of carbonyl (C=O) groups excluding carboxylic acids is 2. The number of ether oxygens (including phenoxy) is 1. The van der Waals surface area contributed by atoms with Crippen molar-refractivity contribution in [1.82, 2.24) is 9.55 Å². The Kier molecular flexibility index (Phi) is 7.29. The Hall–Kier alpha value is -4.66. The molecule has 4 aromatic rings. The van der Waals surface area contributed by atoms with Gasteiger partial charge < -0.3 is 25.7 Å². The van der Waals surface area contributed by atoms with Crippen LogP contribution in [0, 0.1) is 5.41 Å². The van der Waals surface area contributed by atoms with Crippen LogP contribution in [0.4, 0.5) is 11.4 Å². The summed E-state index contributed by atoms with van der Waals surface area (Å²) in [5.74, 6) is 0.177. The maximum Gasteiger partial charge on any atom is 0.310 e. The first-order chi connectivity index (χ1) is 17.4. The number of aromatic nitrogens is 2. The molecule has 0 atom stereocenters. The molecule has 0 saturated carbocycles. The van der Waals surface area contributed by atoms with Gasteiger partial charge in [-0.15, -0.1) is 0 Å². The average molecular weight is 485 g/mol. The highest BCUT2D eigenvalue weighted by Gasteiger charge is 2.15. The van der Waals surface area contributed by atoms with Gasteiger partial charge >= 0.3 is 5.97 Å². The lowest BCUT2D eigenvalue weighted by Gasteiger charge is -2.10. The number of amides is 1. The number of amidine groups is 1. The molecule has 1 aromatic heterocycles. The highest BCUT2D eigenvalue weighted by Crippen LogP contribution is 2.22. The predicted octanol–water partition coefficient (Wildman–Crippen LogP) is 3.83. The molecule has 0 spiro atoms. The molecule has 1 amide bonds. The molecular formula is C27H28N6O3. The average Bonchev–Trinajstić information content (AvgIpc) is 3.18. The minimum absolute atomic E-state index is 0.0299. The largest absolute Gasteiger partial charge is 0.466 e. The van der Waals surface area contributed by atoms with Gasteiger partial charge in [0, 0.05) is 29.5 Å². The van der Waals surface area contributed by atoms with Crippen LogP contribution in [-0.4, -0.2) is 33.9 Å². The molecule has 5 N–H and O–H groups in total. The fourth-order valence-electron chi connectivity index (χ4n) is 3.90. The molecule has 1 heterocycles. The maximum atomic E-state index is 13.0. The van der Waals surface area contributed by atoms with Gasteiger partial charge in [0.05, 0.1) is 30.6 Å². The van der Waals surface area contributed by atoms with Gasteiger partial charge in [-0.3, -0.25) is 15.0 Å². The van der Waals surface area contributed by atoms with Crippen molar-refractivity contribution >= 4 is 40.1 Å². The molecule has 184 valence electrons. The topological polar surface area (TPSA) is 135 Å². The van der Waals surface area contributed by atoms with E-state index in [9.17, 15) is 9.59 Å². The number of carbonyl (C=O) groups is 2. The fraction of sp³-hybridized carbons (Fsp3) is 0.185. The third kappa shape index (κ3) is 5.52. The number of esters is 1. The second-order valence-corrected chi connectivity index (χ2v) is 8.23. The van der Waals surface area contributed by atoms with Crippen molar-refractivity contribution in [2.75, 3.05) is 17.2 Å². The quantitative estimate of drug-likeness (QED) is 0.162. The number of anilines is 2. The van der Waals surface area contributed by atoms with E-state index in [1.54, 1.807) is 43.3 Å². The Morgan fingerprint density at radius 2 is 1.78 bits per heavy atom. The monoisotopic (exact) mass is 484 g/mol. The Bertz CT molecular complexity index is 1430. The molecule has 36 heavy (non-hydrogen) atoms. The Labute approximate surface area is 208 Å². The van der Waals surface area contributed by atoms with Crippen LogP contribution >= 0.6 is 0 Å². The van der Waals surface area contributed by atoms with Gasteiger partial charge in [-0.2, -0.15) is 0 Å². The normalized spacial score (nSPS) is 10.7. The second kappa shape index (κ2) is 10.7. The molecule has 0 fully saturated rings. The van der Waals surface area contributed by atoms with E-state index < -0.39 is 0 Å². The van der Waals surface area contributed by atoms with E-state index in [0.717, 1.165) is 22.5 Å². The van der Waals surface area contributed by atoms with E-state index in [1.807, 2.05) is 41.9 Å². The number of imidazole rings is 1. The van der Waals surface area contributed by atoms with Crippen LogP contribution in [0.2, 0.25) is 0 Å². The Morgan fingerprint density at radius 3 is 2.50 bits per heavy atom. The van der Waals surface area contributed by atoms with Gasteiger partial charge in [-0.05, 0) is 61.0 Å². The molecule has 3 aromatic carbocycles. The van der Waals surface area contributed by atoms with Crippen LogP contribution < -0.4 is 16.4 Å². The molecule has 0 aliphatic rings. The van der Waals surface area contributed by atoms with E-state index in [-0.39, 0.29) is 24.1 Å². The number of hydrogen-bond donors (Lipinski definition) is 4. The zero-order valence-corrected chi connectivity index (χ0v) is 20.2. The number of aryl methyl sites for hydroxylation is 1. The highest BCUT2D eigenvalue weighted by molar-refractivity contribution is 6.06. The summed E-state index contributed by atoms with van der Waals surface area (Å²) in [5, 5.41) is 13.7. The number of nitrogen functional groups attached to an aromatic ring is 1. The predicted molar refractivity (Wildman–Crippen MR) is 140 cm³/mol.